The molecule has 8 rings (SSSR count). The molecule has 4 nitrogen and oxygen atoms in total. The second kappa shape index (κ2) is 9.61. The van der Waals surface area contributed by atoms with Gasteiger partial charge in [0.05, 0.1) is 16.9 Å². The molecule has 0 spiro atoms. The molecular weight excluding hydrogens is 534 g/mol. The van der Waals surface area contributed by atoms with Crippen LogP contribution in [0.1, 0.15) is 25.0 Å². The molecule has 1 aliphatic heterocycles. The van der Waals surface area contributed by atoms with Gasteiger partial charge in [0, 0.05) is 50.0 Å². The molecule has 0 saturated heterocycles. The third-order valence-corrected chi connectivity index (χ3v) is 9.39. The van der Waals surface area contributed by atoms with E-state index in [0.29, 0.717) is 0 Å². The third kappa shape index (κ3) is 3.92. The normalized spacial score (nSPS) is 13.6. The summed E-state index contributed by atoms with van der Waals surface area (Å²) >= 11 is 1.86. The molecule has 0 atom stereocenters. The van der Waals surface area contributed by atoms with Crippen LogP contribution >= 0.6 is 11.8 Å². The zero-order valence-electron chi connectivity index (χ0n) is 23.3. The quantitative estimate of drug-likeness (QED) is 0.214. The number of rotatable bonds is 4. The Morgan fingerprint density at radius 3 is 2.38 bits per heavy atom. The zero-order chi connectivity index (χ0) is 28.3. The standard InChI is InChI=1S/C37H27N3OS/c1-37(2)29-16-4-6-19-33(29)42-35-30(37)23-39-36-34(35)28-15-3-5-18-32(28)40(36)25-12-10-14-27(22-25)41-26-13-9-11-24(21-26)31-17-7-8-20-38-31/h3-23H,1-2H3. The third-order valence-electron chi connectivity index (χ3n) is 8.19. The maximum atomic E-state index is 6.39. The molecule has 0 fully saturated rings. The van der Waals surface area contributed by atoms with E-state index >= 15 is 0 Å². The molecule has 4 heterocycles. The minimum Gasteiger partial charge on any atom is -0.457 e. The van der Waals surface area contributed by atoms with Gasteiger partial charge in [-0.2, -0.15) is 0 Å². The Morgan fingerprint density at radius 2 is 1.50 bits per heavy atom. The first kappa shape index (κ1) is 24.9. The van der Waals surface area contributed by atoms with Crippen molar-refractivity contribution in [1.29, 1.82) is 0 Å². The van der Waals surface area contributed by atoms with Crippen molar-refractivity contribution in [2.24, 2.45) is 0 Å². The average molecular weight is 562 g/mol. The van der Waals surface area contributed by atoms with Gasteiger partial charge in [-0.05, 0) is 59.7 Å². The van der Waals surface area contributed by atoms with Gasteiger partial charge in [0.25, 0.3) is 0 Å². The number of pyridine rings is 2. The first-order valence-electron chi connectivity index (χ1n) is 14.1. The van der Waals surface area contributed by atoms with E-state index in [0.717, 1.165) is 39.6 Å². The topological polar surface area (TPSA) is 39.9 Å². The molecule has 1 aliphatic rings. The van der Waals surface area contributed by atoms with E-state index in [-0.39, 0.29) is 5.41 Å². The first-order chi connectivity index (χ1) is 20.6. The van der Waals surface area contributed by atoms with Gasteiger partial charge >= 0.3 is 0 Å². The van der Waals surface area contributed by atoms with E-state index in [1.54, 1.807) is 0 Å². The number of aromatic nitrogens is 3. The van der Waals surface area contributed by atoms with Crippen LogP contribution in [-0.4, -0.2) is 14.5 Å². The molecule has 0 unspecified atom stereocenters. The Kier molecular flexibility index (Phi) is 5.69. The van der Waals surface area contributed by atoms with Gasteiger partial charge in [-0.3, -0.25) is 9.55 Å². The number of para-hydroxylation sites is 1. The van der Waals surface area contributed by atoms with Gasteiger partial charge in [0.15, 0.2) is 0 Å². The fourth-order valence-electron chi connectivity index (χ4n) is 6.11. The molecule has 4 aromatic carbocycles. The van der Waals surface area contributed by atoms with Crippen LogP contribution in [0.4, 0.5) is 0 Å². The van der Waals surface area contributed by atoms with Crippen molar-refractivity contribution in [3.05, 3.63) is 139 Å². The smallest absolute Gasteiger partial charge is 0.146 e. The summed E-state index contributed by atoms with van der Waals surface area (Å²) in [5.41, 5.74) is 7.50. The van der Waals surface area contributed by atoms with Crippen molar-refractivity contribution < 1.29 is 4.74 Å². The highest BCUT2D eigenvalue weighted by atomic mass is 32.2. The Hall–Kier alpha value is -4.87. The fourth-order valence-corrected chi connectivity index (χ4v) is 7.63. The van der Waals surface area contributed by atoms with Gasteiger partial charge in [0.1, 0.15) is 17.1 Å². The van der Waals surface area contributed by atoms with Crippen LogP contribution in [0.2, 0.25) is 0 Å². The highest BCUT2D eigenvalue weighted by molar-refractivity contribution is 7.99. The van der Waals surface area contributed by atoms with Crippen molar-refractivity contribution in [2.75, 3.05) is 0 Å². The fraction of sp³-hybridized carbons (Fsp3) is 0.0811. The predicted molar refractivity (Wildman–Crippen MR) is 171 cm³/mol. The van der Waals surface area contributed by atoms with Crippen LogP contribution in [0, 0.1) is 0 Å². The van der Waals surface area contributed by atoms with E-state index in [9.17, 15) is 0 Å². The lowest BCUT2D eigenvalue weighted by atomic mass is 9.78. The van der Waals surface area contributed by atoms with Crippen molar-refractivity contribution in [3.63, 3.8) is 0 Å². The largest absolute Gasteiger partial charge is 0.457 e. The number of benzene rings is 4. The second-order valence-corrected chi connectivity index (χ2v) is 12.2. The van der Waals surface area contributed by atoms with E-state index < -0.39 is 0 Å². The van der Waals surface area contributed by atoms with Gasteiger partial charge < -0.3 is 4.74 Å². The highest BCUT2D eigenvalue weighted by Gasteiger charge is 2.35. The number of hydrogen-bond acceptors (Lipinski definition) is 4. The Labute approximate surface area is 248 Å². The molecular formula is C37H27N3OS. The second-order valence-electron chi connectivity index (χ2n) is 11.1. The molecule has 0 radical (unpaired) electrons. The molecule has 7 aromatic rings. The van der Waals surface area contributed by atoms with Crippen LogP contribution in [-0.2, 0) is 5.41 Å². The number of hydrogen-bond donors (Lipinski definition) is 0. The van der Waals surface area contributed by atoms with Crippen LogP contribution in [0.3, 0.4) is 0 Å². The number of fused-ring (bicyclic) bond motifs is 6. The Morgan fingerprint density at radius 1 is 0.714 bits per heavy atom. The van der Waals surface area contributed by atoms with Gasteiger partial charge in [-0.25, -0.2) is 4.98 Å². The van der Waals surface area contributed by atoms with E-state index in [4.69, 9.17) is 9.72 Å². The lowest BCUT2D eigenvalue weighted by molar-refractivity contribution is 0.482. The molecule has 5 heteroatoms. The molecule has 0 N–H and O–H groups in total. The lowest BCUT2D eigenvalue weighted by Crippen LogP contribution is -2.24. The maximum absolute atomic E-state index is 6.39. The van der Waals surface area contributed by atoms with Gasteiger partial charge in [-0.1, -0.05) is 86.3 Å². The van der Waals surface area contributed by atoms with Gasteiger partial charge in [0.2, 0.25) is 0 Å². The van der Waals surface area contributed by atoms with Crippen LogP contribution in [0.5, 0.6) is 11.5 Å². The molecule has 0 aliphatic carbocycles. The van der Waals surface area contributed by atoms with Crippen molar-refractivity contribution >= 4 is 33.7 Å². The molecule has 3 aromatic heterocycles. The highest BCUT2D eigenvalue weighted by Crippen LogP contribution is 2.52. The van der Waals surface area contributed by atoms with Gasteiger partial charge in [-0.15, -0.1) is 0 Å². The summed E-state index contributed by atoms with van der Waals surface area (Å²) < 4.78 is 8.65. The minimum atomic E-state index is -0.140. The summed E-state index contributed by atoms with van der Waals surface area (Å²) in [6.07, 6.45) is 3.89. The molecule has 0 bridgehead atoms. The van der Waals surface area contributed by atoms with E-state index in [1.807, 2.05) is 72.6 Å². The summed E-state index contributed by atoms with van der Waals surface area (Å²) in [6, 6.07) is 39.6. The predicted octanol–water partition coefficient (Wildman–Crippen LogP) is 9.82. The lowest BCUT2D eigenvalue weighted by Gasteiger charge is -2.34. The van der Waals surface area contributed by atoms with Crippen LogP contribution < -0.4 is 4.74 Å². The summed E-state index contributed by atoms with van der Waals surface area (Å²) in [6.45, 7) is 4.61. The van der Waals surface area contributed by atoms with Crippen molar-refractivity contribution in [1.82, 2.24) is 14.5 Å². The van der Waals surface area contributed by atoms with Crippen molar-refractivity contribution in [2.45, 2.75) is 29.1 Å². The van der Waals surface area contributed by atoms with Crippen LogP contribution in [0.15, 0.2) is 137 Å². The van der Waals surface area contributed by atoms with Crippen LogP contribution in [0.25, 0.3) is 38.9 Å². The summed E-state index contributed by atoms with van der Waals surface area (Å²) in [7, 11) is 0. The Balaban J connectivity index is 1.26. The molecule has 202 valence electrons. The minimum absolute atomic E-state index is 0.140. The first-order valence-corrected chi connectivity index (χ1v) is 14.9. The average Bonchev–Trinajstić information content (AvgIpc) is 3.37. The van der Waals surface area contributed by atoms with Crippen molar-refractivity contribution in [3.8, 4) is 28.4 Å². The molecule has 0 amide bonds. The van der Waals surface area contributed by atoms with E-state index in [2.05, 4.69) is 90.3 Å². The summed E-state index contributed by atoms with van der Waals surface area (Å²) in [4.78, 5) is 12.2. The number of ether oxygens (including phenoxy) is 1. The monoisotopic (exact) mass is 561 g/mol. The summed E-state index contributed by atoms with van der Waals surface area (Å²) in [5, 5.41) is 2.40. The Bertz CT molecular complexity index is 2130. The SMILES string of the molecule is CC1(C)c2ccccc2Sc2c1cnc1c2c2ccccc2n1-c1cccc(Oc2cccc(-c3ccccn3)c2)c1. The molecule has 0 saturated carbocycles. The van der Waals surface area contributed by atoms with E-state index in [1.165, 1.54) is 31.7 Å². The zero-order valence-corrected chi connectivity index (χ0v) is 24.1. The summed E-state index contributed by atoms with van der Waals surface area (Å²) in [5.74, 6) is 1.53. The maximum Gasteiger partial charge on any atom is 0.146 e. The molecule has 42 heavy (non-hydrogen) atoms. The number of nitrogens with zero attached hydrogens (tertiary/aromatic N) is 3.